The molecule has 2 heterocycles. The molecule has 188 valence electrons. The van der Waals surface area contributed by atoms with Crippen molar-refractivity contribution in [2.75, 3.05) is 13.7 Å². The van der Waals surface area contributed by atoms with E-state index in [0.29, 0.717) is 30.2 Å². The lowest BCUT2D eigenvalue weighted by molar-refractivity contribution is 0.0952. The second-order valence-corrected chi connectivity index (χ2v) is 8.92. The zero-order valence-electron chi connectivity index (χ0n) is 21.1. The van der Waals surface area contributed by atoms with Crippen LogP contribution in [0.4, 0.5) is 0 Å². The topological polar surface area (TPSA) is 89.4 Å². The number of methoxy groups -OCH3 is 1. The van der Waals surface area contributed by atoms with Crippen molar-refractivity contribution in [3.63, 3.8) is 0 Å². The second-order valence-electron chi connectivity index (χ2n) is 8.92. The molecular formula is C30H29N3O4. The molecule has 7 heteroatoms. The van der Waals surface area contributed by atoms with Crippen LogP contribution in [-0.2, 0) is 6.61 Å². The fraction of sp³-hybridized carbons (Fsp3) is 0.200. The Hall–Kier alpha value is -4.52. The van der Waals surface area contributed by atoms with Gasteiger partial charge in [-0.3, -0.25) is 4.79 Å². The molecule has 0 aliphatic carbocycles. The fourth-order valence-electron chi connectivity index (χ4n) is 4.56. The average molecular weight is 496 g/mol. The van der Waals surface area contributed by atoms with Crippen LogP contribution in [-0.4, -0.2) is 29.7 Å². The summed E-state index contributed by atoms with van der Waals surface area (Å²) in [6.07, 6.45) is 2.03. The molecule has 1 atom stereocenters. The van der Waals surface area contributed by atoms with Crippen LogP contribution in [0.5, 0.6) is 11.5 Å². The second kappa shape index (κ2) is 10.6. The number of aromatic amines is 1. The summed E-state index contributed by atoms with van der Waals surface area (Å²) in [4.78, 5) is 16.5. The molecule has 5 aromatic rings. The normalized spacial score (nSPS) is 11.9. The molecule has 0 radical (unpaired) electrons. The van der Waals surface area contributed by atoms with Crippen molar-refractivity contribution in [2.45, 2.75) is 26.4 Å². The van der Waals surface area contributed by atoms with Crippen LogP contribution in [0.1, 0.15) is 44.4 Å². The van der Waals surface area contributed by atoms with Gasteiger partial charge in [-0.1, -0.05) is 53.7 Å². The van der Waals surface area contributed by atoms with Gasteiger partial charge in [0.25, 0.3) is 5.91 Å². The standard InChI is InChI=1S/C30H29N3O4/c1-19-26(20(2)37-33-19)18-36-28-14-13-22(15-29(28)35-3)30(34)32-16-24(21-9-5-4-6-10-21)25-17-31-27-12-8-7-11-23(25)27/h4-15,17,24,31H,16,18H2,1-3H3,(H,32,34). The molecule has 0 saturated heterocycles. The Labute approximate surface area is 215 Å². The Balaban J connectivity index is 1.33. The van der Waals surface area contributed by atoms with Crippen molar-refractivity contribution in [1.29, 1.82) is 0 Å². The summed E-state index contributed by atoms with van der Waals surface area (Å²) in [6.45, 7) is 4.46. The Bertz CT molecular complexity index is 1500. The predicted molar refractivity (Wildman–Crippen MR) is 142 cm³/mol. The van der Waals surface area contributed by atoms with Crippen molar-refractivity contribution in [3.05, 3.63) is 113 Å². The molecule has 2 aromatic heterocycles. The SMILES string of the molecule is COc1cc(C(=O)NCC(c2ccccc2)c2c[nH]c3ccccc23)ccc1OCc1c(C)noc1C. The van der Waals surface area contributed by atoms with E-state index in [0.717, 1.165) is 39.0 Å². The number of carbonyl (C=O) groups excluding carboxylic acids is 1. The molecule has 0 spiro atoms. The Kier molecular flexibility index (Phi) is 6.94. The van der Waals surface area contributed by atoms with Gasteiger partial charge in [0.1, 0.15) is 12.4 Å². The molecule has 37 heavy (non-hydrogen) atoms. The van der Waals surface area contributed by atoms with E-state index in [1.165, 1.54) is 0 Å². The van der Waals surface area contributed by atoms with Gasteiger partial charge >= 0.3 is 0 Å². The summed E-state index contributed by atoms with van der Waals surface area (Å²) in [5, 5.41) is 8.22. The number of benzene rings is 3. The Morgan fingerprint density at radius 1 is 1.03 bits per heavy atom. The number of amides is 1. The molecule has 0 bridgehead atoms. The number of H-pyrrole nitrogens is 1. The summed E-state index contributed by atoms with van der Waals surface area (Å²) in [5.74, 6) is 1.54. The monoisotopic (exact) mass is 495 g/mol. The molecule has 0 aliphatic rings. The van der Waals surface area contributed by atoms with Crippen molar-refractivity contribution in [3.8, 4) is 11.5 Å². The van der Waals surface area contributed by atoms with E-state index in [-0.39, 0.29) is 11.8 Å². The van der Waals surface area contributed by atoms with E-state index in [4.69, 9.17) is 14.0 Å². The largest absolute Gasteiger partial charge is 0.493 e. The van der Waals surface area contributed by atoms with E-state index in [9.17, 15) is 4.79 Å². The summed E-state index contributed by atoms with van der Waals surface area (Å²) in [7, 11) is 1.56. The lowest BCUT2D eigenvalue weighted by Gasteiger charge is -2.18. The van der Waals surface area contributed by atoms with Gasteiger partial charge in [0.05, 0.1) is 18.4 Å². The van der Waals surface area contributed by atoms with Gasteiger partial charge in [-0.15, -0.1) is 0 Å². The molecule has 2 N–H and O–H groups in total. The van der Waals surface area contributed by atoms with Crippen LogP contribution < -0.4 is 14.8 Å². The first-order valence-electron chi connectivity index (χ1n) is 12.2. The lowest BCUT2D eigenvalue weighted by Crippen LogP contribution is -2.29. The summed E-state index contributed by atoms with van der Waals surface area (Å²) >= 11 is 0. The molecule has 1 unspecified atom stereocenters. The number of fused-ring (bicyclic) bond motifs is 1. The zero-order chi connectivity index (χ0) is 25.8. The summed E-state index contributed by atoms with van der Waals surface area (Å²) in [5.41, 5.74) is 5.52. The molecular weight excluding hydrogens is 466 g/mol. The van der Waals surface area contributed by atoms with Gasteiger partial charge in [0.15, 0.2) is 11.5 Å². The van der Waals surface area contributed by atoms with Crippen LogP contribution in [0.25, 0.3) is 10.9 Å². The molecule has 7 nitrogen and oxygen atoms in total. The third-order valence-electron chi connectivity index (χ3n) is 6.64. The number of aromatic nitrogens is 2. The maximum absolute atomic E-state index is 13.2. The van der Waals surface area contributed by atoms with Crippen LogP contribution in [0, 0.1) is 13.8 Å². The van der Waals surface area contributed by atoms with Crippen LogP contribution in [0.2, 0.25) is 0 Å². The highest BCUT2D eigenvalue weighted by Crippen LogP contribution is 2.32. The minimum Gasteiger partial charge on any atom is -0.493 e. The third-order valence-corrected chi connectivity index (χ3v) is 6.64. The predicted octanol–water partition coefficient (Wildman–Crippen LogP) is 5.92. The number of hydrogen-bond acceptors (Lipinski definition) is 5. The summed E-state index contributed by atoms with van der Waals surface area (Å²) < 4.78 is 16.7. The molecule has 0 saturated carbocycles. The van der Waals surface area contributed by atoms with Crippen molar-refractivity contribution >= 4 is 16.8 Å². The van der Waals surface area contributed by atoms with E-state index in [1.54, 1.807) is 25.3 Å². The van der Waals surface area contributed by atoms with Crippen LogP contribution in [0.15, 0.2) is 83.5 Å². The van der Waals surface area contributed by atoms with E-state index >= 15 is 0 Å². The number of nitrogens with one attached hydrogen (secondary N) is 2. The maximum Gasteiger partial charge on any atom is 0.251 e. The van der Waals surface area contributed by atoms with Crippen molar-refractivity contribution < 1.29 is 18.8 Å². The minimum atomic E-state index is -0.184. The van der Waals surface area contributed by atoms with Crippen LogP contribution >= 0.6 is 0 Å². The molecule has 0 fully saturated rings. The fourth-order valence-corrected chi connectivity index (χ4v) is 4.56. The van der Waals surface area contributed by atoms with Gasteiger partial charge in [-0.05, 0) is 49.2 Å². The molecule has 3 aromatic carbocycles. The number of para-hydroxylation sites is 1. The molecule has 5 rings (SSSR count). The van der Waals surface area contributed by atoms with Crippen molar-refractivity contribution in [1.82, 2.24) is 15.5 Å². The summed E-state index contributed by atoms with van der Waals surface area (Å²) in [6, 6.07) is 23.6. The number of ether oxygens (including phenoxy) is 2. The van der Waals surface area contributed by atoms with Crippen molar-refractivity contribution in [2.24, 2.45) is 0 Å². The lowest BCUT2D eigenvalue weighted by atomic mass is 9.91. The first kappa shape index (κ1) is 24.2. The van der Waals surface area contributed by atoms with Gasteiger partial charge < -0.3 is 24.3 Å². The highest BCUT2D eigenvalue weighted by molar-refractivity contribution is 5.95. The highest BCUT2D eigenvalue weighted by atomic mass is 16.5. The zero-order valence-corrected chi connectivity index (χ0v) is 21.1. The average Bonchev–Trinajstić information content (AvgIpc) is 3.50. The highest BCUT2D eigenvalue weighted by Gasteiger charge is 2.20. The van der Waals surface area contributed by atoms with Gasteiger partial charge in [0.2, 0.25) is 0 Å². The quantitative estimate of drug-likeness (QED) is 0.265. The number of hydrogen-bond donors (Lipinski definition) is 2. The first-order valence-corrected chi connectivity index (χ1v) is 12.2. The Morgan fingerprint density at radius 2 is 1.81 bits per heavy atom. The van der Waals surface area contributed by atoms with Gasteiger partial charge in [-0.2, -0.15) is 0 Å². The maximum atomic E-state index is 13.2. The van der Waals surface area contributed by atoms with Crippen LogP contribution in [0.3, 0.4) is 0 Å². The first-order chi connectivity index (χ1) is 18.0. The smallest absolute Gasteiger partial charge is 0.251 e. The molecule has 0 aliphatic heterocycles. The third kappa shape index (κ3) is 5.07. The number of rotatable bonds is 9. The molecule has 1 amide bonds. The van der Waals surface area contributed by atoms with E-state index in [2.05, 4.69) is 39.7 Å². The van der Waals surface area contributed by atoms with E-state index in [1.807, 2.05) is 50.4 Å². The number of aryl methyl sites for hydroxylation is 2. The van der Waals surface area contributed by atoms with Gasteiger partial charge in [0, 0.05) is 35.1 Å². The van der Waals surface area contributed by atoms with E-state index < -0.39 is 0 Å². The number of carbonyl (C=O) groups is 1. The minimum absolute atomic E-state index is 0.0131. The van der Waals surface area contributed by atoms with Gasteiger partial charge in [-0.25, -0.2) is 0 Å². The Morgan fingerprint density at radius 3 is 2.57 bits per heavy atom. The number of nitrogens with zero attached hydrogens (tertiary/aromatic N) is 1.